The molecule has 0 spiro atoms. The molecule has 0 radical (unpaired) electrons. The molecular weight excluding hydrogens is 195 g/mol. The van der Waals surface area contributed by atoms with E-state index in [0.717, 1.165) is 6.92 Å². The number of halogens is 3. The van der Waals surface area contributed by atoms with Crippen molar-refractivity contribution >= 4 is 5.69 Å². The van der Waals surface area contributed by atoms with Crippen LogP contribution < -0.4 is 5.32 Å². The first-order valence-electron chi connectivity index (χ1n) is 4.29. The molecule has 0 aromatic carbocycles. The third-order valence-corrected chi connectivity index (χ3v) is 1.83. The number of nitrogens with zero attached hydrogens (tertiary/aromatic N) is 2. The summed E-state index contributed by atoms with van der Waals surface area (Å²) in [4.78, 5) is 0. The summed E-state index contributed by atoms with van der Waals surface area (Å²) in [6.07, 6.45) is -1.30. The van der Waals surface area contributed by atoms with E-state index in [1.54, 1.807) is 10.9 Å². The summed E-state index contributed by atoms with van der Waals surface area (Å²) >= 11 is 0. The predicted octanol–water partition coefficient (Wildman–Crippen LogP) is 2.27. The van der Waals surface area contributed by atoms with Crippen LogP contribution in [0.15, 0.2) is 12.4 Å². The van der Waals surface area contributed by atoms with E-state index < -0.39 is 12.2 Å². The van der Waals surface area contributed by atoms with Gasteiger partial charge in [0.1, 0.15) is 6.04 Å². The van der Waals surface area contributed by atoms with Gasteiger partial charge in [-0.3, -0.25) is 4.68 Å². The van der Waals surface area contributed by atoms with E-state index in [1.165, 1.54) is 6.20 Å². The molecule has 0 amide bonds. The van der Waals surface area contributed by atoms with Gasteiger partial charge in [-0.25, -0.2) is 0 Å². The van der Waals surface area contributed by atoms with Crippen molar-refractivity contribution in [3.05, 3.63) is 12.4 Å². The van der Waals surface area contributed by atoms with Crippen molar-refractivity contribution in [3.8, 4) is 0 Å². The number of rotatable bonds is 3. The summed E-state index contributed by atoms with van der Waals surface area (Å²) in [5.74, 6) is 0. The molecule has 6 heteroatoms. The van der Waals surface area contributed by atoms with E-state index in [1.807, 2.05) is 6.92 Å². The molecular formula is C8H12F3N3. The van der Waals surface area contributed by atoms with Crippen LogP contribution in [0.4, 0.5) is 18.9 Å². The van der Waals surface area contributed by atoms with E-state index in [-0.39, 0.29) is 0 Å². The smallest absolute Gasteiger partial charge is 0.372 e. The fourth-order valence-electron chi connectivity index (χ4n) is 0.943. The van der Waals surface area contributed by atoms with Crippen LogP contribution >= 0.6 is 0 Å². The molecule has 0 aliphatic carbocycles. The molecule has 1 heterocycles. The van der Waals surface area contributed by atoms with Gasteiger partial charge in [-0.2, -0.15) is 18.3 Å². The standard InChI is InChI=1S/C8H12F3N3/c1-3-14-5-7(4-12-14)13-6(2)8(9,10)11/h4-6,13H,3H2,1-2H3. The molecule has 1 atom stereocenters. The summed E-state index contributed by atoms with van der Waals surface area (Å²) in [6, 6.07) is -1.56. The lowest BCUT2D eigenvalue weighted by molar-refractivity contribution is -0.138. The number of nitrogens with one attached hydrogen (secondary N) is 1. The lowest BCUT2D eigenvalue weighted by Crippen LogP contribution is -2.32. The van der Waals surface area contributed by atoms with Gasteiger partial charge in [0.25, 0.3) is 0 Å². The first kappa shape index (κ1) is 10.9. The van der Waals surface area contributed by atoms with Crippen molar-refractivity contribution in [2.45, 2.75) is 32.6 Å². The molecule has 3 nitrogen and oxygen atoms in total. The minimum Gasteiger partial charge on any atom is -0.372 e. The van der Waals surface area contributed by atoms with Crippen LogP contribution in [0.3, 0.4) is 0 Å². The average molecular weight is 207 g/mol. The van der Waals surface area contributed by atoms with Crippen LogP contribution in [-0.4, -0.2) is 22.0 Å². The predicted molar refractivity (Wildman–Crippen MR) is 47.0 cm³/mol. The molecule has 1 unspecified atom stereocenters. The van der Waals surface area contributed by atoms with E-state index in [0.29, 0.717) is 12.2 Å². The number of hydrogen-bond donors (Lipinski definition) is 1. The van der Waals surface area contributed by atoms with Crippen molar-refractivity contribution in [3.63, 3.8) is 0 Å². The SMILES string of the molecule is CCn1cc(NC(C)C(F)(F)F)cn1. The second-order valence-corrected chi connectivity index (χ2v) is 2.99. The largest absolute Gasteiger partial charge is 0.408 e. The molecule has 0 bridgehead atoms. The lowest BCUT2D eigenvalue weighted by Gasteiger charge is -2.16. The zero-order valence-electron chi connectivity index (χ0n) is 7.97. The number of hydrogen-bond acceptors (Lipinski definition) is 2. The molecule has 0 saturated carbocycles. The van der Waals surface area contributed by atoms with Crippen LogP contribution in [-0.2, 0) is 6.54 Å². The Bertz CT molecular complexity index is 292. The van der Waals surface area contributed by atoms with Gasteiger partial charge in [0.05, 0.1) is 11.9 Å². The highest BCUT2D eigenvalue weighted by Gasteiger charge is 2.35. The van der Waals surface area contributed by atoms with Crippen molar-refractivity contribution in [1.82, 2.24) is 9.78 Å². The number of aryl methyl sites for hydroxylation is 1. The first-order chi connectivity index (χ1) is 6.43. The highest BCUT2D eigenvalue weighted by molar-refractivity contribution is 5.39. The van der Waals surface area contributed by atoms with Gasteiger partial charge in [0, 0.05) is 12.7 Å². The van der Waals surface area contributed by atoms with E-state index in [2.05, 4.69) is 10.4 Å². The van der Waals surface area contributed by atoms with Crippen LogP contribution in [0.2, 0.25) is 0 Å². The summed E-state index contributed by atoms with van der Waals surface area (Å²) in [7, 11) is 0. The van der Waals surface area contributed by atoms with Gasteiger partial charge in [0.2, 0.25) is 0 Å². The van der Waals surface area contributed by atoms with Crippen LogP contribution in [0.5, 0.6) is 0 Å². The van der Waals surface area contributed by atoms with E-state index in [9.17, 15) is 13.2 Å². The Labute approximate surface area is 79.9 Å². The minimum absolute atomic E-state index is 0.386. The topological polar surface area (TPSA) is 29.9 Å². The molecule has 1 aromatic heterocycles. The van der Waals surface area contributed by atoms with Gasteiger partial charge < -0.3 is 5.32 Å². The summed E-state index contributed by atoms with van der Waals surface area (Å²) in [5, 5.41) is 6.18. The normalized spacial score (nSPS) is 14.1. The van der Waals surface area contributed by atoms with E-state index >= 15 is 0 Å². The average Bonchev–Trinajstić information content (AvgIpc) is 2.50. The maximum absolute atomic E-state index is 12.1. The molecule has 80 valence electrons. The maximum atomic E-state index is 12.1. The first-order valence-corrected chi connectivity index (χ1v) is 4.29. The molecule has 1 rings (SSSR count). The summed E-state index contributed by atoms with van der Waals surface area (Å²) < 4.78 is 38.0. The Balaban J connectivity index is 2.60. The molecule has 14 heavy (non-hydrogen) atoms. The van der Waals surface area contributed by atoms with Gasteiger partial charge in [-0.1, -0.05) is 0 Å². The molecule has 0 fully saturated rings. The molecule has 1 N–H and O–H groups in total. The Morgan fingerprint density at radius 3 is 2.64 bits per heavy atom. The Morgan fingerprint density at radius 2 is 2.21 bits per heavy atom. The summed E-state index contributed by atoms with van der Waals surface area (Å²) in [6.45, 7) is 3.58. The monoisotopic (exact) mass is 207 g/mol. The number of alkyl halides is 3. The van der Waals surface area contributed by atoms with Crippen LogP contribution in [0.25, 0.3) is 0 Å². The van der Waals surface area contributed by atoms with Gasteiger partial charge in [-0.05, 0) is 13.8 Å². The lowest BCUT2D eigenvalue weighted by atomic mass is 10.3. The fraction of sp³-hybridized carbons (Fsp3) is 0.625. The maximum Gasteiger partial charge on any atom is 0.408 e. The Kier molecular flexibility index (Phi) is 3.03. The molecule has 0 saturated heterocycles. The van der Waals surface area contributed by atoms with Crippen molar-refractivity contribution in [1.29, 1.82) is 0 Å². The number of anilines is 1. The molecule has 1 aromatic rings. The van der Waals surface area contributed by atoms with Gasteiger partial charge >= 0.3 is 6.18 Å². The summed E-state index contributed by atoms with van der Waals surface area (Å²) in [5.41, 5.74) is 0.386. The second kappa shape index (κ2) is 3.89. The highest BCUT2D eigenvalue weighted by Crippen LogP contribution is 2.22. The zero-order chi connectivity index (χ0) is 10.8. The zero-order valence-corrected chi connectivity index (χ0v) is 7.97. The van der Waals surface area contributed by atoms with Gasteiger partial charge in [0.15, 0.2) is 0 Å². The Morgan fingerprint density at radius 1 is 1.57 bits per heavy atom. The molecule has 0 aliphatic heterocycles. The molecule has 0 aliphatic rings. The minimum atomic E-state index is -4.23. The third kappa shape index (κ3) is 2.65. The van der Waals surface area contributed by atoms with Crippen molar-refractivity contribution in [2.75, 3.05) is 5.32 Å². The second-order valence-electron chi connectivity index (χ2n) is 2.99. The highest BCUT2D eigenvalue weighted by atomic mass is 19.4. The van der Waals surface area contributed by atoms with Crippen molar-refractivity contribution in [2.24, 2.45) is 0 Å². The third-order valence-electron chi connectivity index (χ3n) is 1.83. The van der Waals surface area contributed by atoms with Crippen LogP contribution in [0.1, 0.15) is 13.8 Å². The van der Waals surface area contributed by atoms with E-state index in [4.69, 9.17) is 0 Å². The van der Waals surface area contributed by atoms with Crippen molar-refractivity contribution < 1.29 is 13.2 Å². The quantitative estimate of drug-likeness (QED) is 0.823. The van der Waals surface area contributed by atoms with Crippen LogP contribution in [0, 0.1) is 0 Å². The fourth-order valence-corrected chi connectivity index (χ4v) is 0.943. The number of aromatic nitrogens is 2. The van der Waals surface area contributed by atoms with Gasteiger partial charge in [-0.15, -0.1) is 0 Å². The Hall–Kier alpha value is -1.20.